The van der Waals surface area contributed by atoms with Gasteiger partial charge in [0.1, 0.15) is 0 Å². The van der Waals surface area contributed by atoms with Gasteiger partial charge in [0.15, 0.2) is 0 Å². The lowest BCUT2D eigenvalue weighted by molar-refractivity contribution is 0.183. The molecule has 37 heavy (non-hydrogen) atoms. The Morgan fingerprint density at radius 2 is 1.16 bits per heavy atom. The molecule has 0 amide bonds. The average molecular weight is 523 g/mol. The lowest BCUT2D eigenvalue weighted by Gasteiger charge is -2.45. The number of hydrogen-bond acceptors (Lipinski definition) is 2. The van der Waals surface area contributed by atoms with E-state index in [2.05, 4.69) is 161 Å². The van der Waals surface area contributed by atoms with Crippen LogP contribution in [0.3, 0.4) is 0 Å². The number of thioether (sulfide) groups is 1. The van der Waals surface area contributed by atoms with Crippen molar-refractivity contribution in [2.45, 2.75) is 55.4 Å². The predicted molar refractivity (Wildman–Crippen MR) is 163 cm³/mol. The minimum absolute atomic E-state index is 0.0510. The quantitative estimate of drug-likeness (QED) is 0.117. The maximum atomic E-state index is 7.67. The Kier molecular flexibility index (Phi) is 9.26. The molecule has 0 aliphatic heterocycles. The molecule has 0 aliphatic carbocycles. The molecule has 0 spiro atoms. The molecule has 0 bridgehead atoms. The molecule has 0 aromatic heterocycles. The van der Waals surface area contributed by atoms with Crippen LogP contribution < -0.4 is 10.4 Å². The molecular weight excluding hydrogens is 485 g/mol. The minimum atomic E-state index is -2.71. The van der Waals surface area contributed by atoms with Crippen LogP contribution in [0.5, 0.6) is 0 Å². The Bertz CT molecular complexity index is 1200. The maximum absolute atomic E-state index is 7.67. The van der Waals surface area contributed by atoms with Gasteiger partial charge < -0.3 is 4.43 Å². The van der Waals surface area contributed by atoms with Crippen molar-refractivity contribution in [2.75, 3.05) is 0 Å². The Hall–Kier alpha value is -2.85. The first-order valence-electron chi connectivity index (χ1n) is 13.1. The van der Waals surface area contributed by atoms with Gasteiger partial charge in [0, 0.05) is 10.1 Å². The normalized spacial score (nSPS) is 13.9. The third kappa shape index (κ3) is 6.54. The van der Waals surface area contributed by atoms with E-state index in [9.17, 15) is 0 Å². The first-order valence-corrected chi connectivity index (χ1v) is 15.9. The van der Waals surface area contributed by atoms with Gasteiger partial charge >= 0.3 is 0 Å². The SMILES string of the molecule is C/C=C/C(CC(O[Si](c1ccccc1)(c1ccccc1)C(C)(C)C)c1ccccc1)Sc1ccccc1. The van der Waals surface area contributed by atoms with Gasteiger partial charge in [0.2, 0.25) is 0 Å². The Morgan fingerprint density at radius 3 is 1.62 bits per heavy atom. The van der Waals surface area contributed by atoms with E-state index in [1.807, 2.05) is 11.8 Å². The summed E-state index contributed by atoms with van der Waals surface area (Å²) in [6.45, 7) is 9.16. The van der Waals surface area contributed by atoms with Crippen molar-refractivity contribution >= 4 is 30.5 Å². The van der Waals surface area contributed by atoms with E-state index in [-0.39, 0.29) is 16.4 Å². The van der Waals surface area contributed by atoms with Crippen LogP contribution in [0.2, 0.25) is 5.04 Å². The summed E-state index contributed by atoms with van der Waals surface area (Å²) >= 11 is 1.91. The summed E-state index contributed by atoms with van der Waals surface area (Å²) in [6, 6.07) is 43.4. The van der Waals surface area contributed by atoms with E-state index >= 15 is 0 Å². The highest BCUT2D eigenvalue weighted by atomic mass is 32.2. The van der Waals surface area contributed by atoms with Gasteiger partial charge in [-0.15, -0.1) is 11.8 Å². The zero-order valence-corrected chi connectivity index (χ0v) is 24.2. The second kappa shape index (κ2) is 12.6. The molecule has 0 aliphatic rings. The highest BCUT2D eigenvalue weighted by Crippen LogP contribution is 2.42. The molecule has 4 aromatic rings. The highest BCUT2D eigenvalue weighted by molar-refractivity contribution is 8.00. The van der Waals surface area contributed by atoms with E-state index in [1.165, 1.54) is 20.8 Å². The third-order valence-corrected chi connectivity index (χ3v) is 13.0. The van der Waals surface area contributed by atoms with Gasteiger partial charge in [-0.2, -0.15) is 0 Å². The van der Waals surface area contributed by atoms with Crippen LogP contribution in [0.15, 0.2) is 138 Å². The summed E-state index contributed by atoms with van der Waals surface area (Å²) in [5.41, 5.74) is 1.23. The van der Waals surface area contributed by atoms with Crippen molar-refractivity contribution in [3.63, 3.8) is 0 Å². The summed E-state index contributed by atoms with van der Waals surface area (Å²) in [5, 5.41) is 2.84. The largest absolute Gasteiger partial charge is 0.400 e. The zero-order valence-electron chi connectivity index (χ0n) is 22.4. The van der Waals surface area contributed by atoms with Crippen LogP contribution in [0.1, 0.15) is 45.8 Å². The highest BCUT2D eigenvalue weighted by Gasteiger charge is 2.51. The van der Waals surface area contributed by atoms with Gasteiger partial charge in [0.25, 0.3) is 8.32 Å². The molecule has 0 saturated carbocycles. The predicted octanol–water partition coefficient (Wildman–Crippen LogP) is 8.43. The Balaban J connectivity index is 1.83. The van der Waals surface area contributed by atoms with E-state index in [0.29, 0.717) is 0 Å². The monoisotopic (exact) mass is 522 g/mol. The second-order valence-electron chi connectivity index (χ2n) is 10.4. The van der Waals surface area contributed by atoms with Crippen LogP contribution in [0.4, 0.5) is 0 Å². The Labute approximate surface area is 228 Å². The van der Waals surface area contributed by atoms with Crippen molar-refractivity contribution in [3.8, 4) is 0 Å². The van der Waals surface area contributed by atoms with Gasteiger partial charge in [-0.25, -0.2) is 0 Å². The molecular formula is C34H38OSSi. The summed E-state index contributed by atoms with van der Waals surface area (Å²) < 4.78 is 7.67. The number of rotatable bonds is 10. The second-order valence-corrected chi connectivity index (χ2v) is 16.0. The summed E-state index contributed by atoms with van der Waals surface area (Å²) in [5.74, 6) is 0. The van der Waals surface area contributed by atoms with E-state index < -0.39 is 8.32 Å². The van der Waals surface area contributed by atoms with Crippen molar-refractivity contribution < 1.29 is 4.43 Å². The molecule has 0 N–H and O–H groups in total. The topological polar surface area (TPSA) is 9.23 Å². The van der Waals surface area contributed by atoms with Gasteiger partial charge in [0.05, 0.1) is 6.10 Å². The Morgan fingerprint density at radius 1 is 0.703 bits per heavy atom. The van der Waals surface area contributed by atoms with Crippen molar-refractivity contribution in [2.24, 2.45) is 0 Å². The molecule has 0 heterocycles. The summed E-state index contributed by atoms with van der Waals surface area (Å²) in [7, 11) is -2.71. The molecule has 3 heteroatoms. The first-order chi connectivity index (χ1) is 17.9. The van der Waals surface area contributed by atoms with Crippen LogP contribution in [-0.2, 0) is 4.43 Å². The molecule has 0 radical (unpaired) electrons. The van der Waals surface area contributed by atoms with Crippen molar-refractivity contribution in [1.29, 1.82) is 0 Å². The molecule has 4 rings (SSSR count). The fourth-order valence-electron chi connectivity index (χ4n) is 5.09. The number of allylic oxidation sites excluding steroid dienone is 1. The van der Waals surface area contributed by atoms with Crippen LogP contribution >= 0.6 is 11.8 Å². The molecule has 0 saturated heterocycles. The van der Waals surface area contributed by atoms with Gasteiger partial charge in [-0.05, 0) is 46.5 Å². The first kappa shape index (κ1) is 27.2. The van der Waals surface area contributed by atoms with Crippen LogP contribution in [0.25, 0.3) is 0 Å². The van der Waals surface area contributed by atoms with Crippen molar-refractivity contribution in [3.05, 3.63) is 139 Å². The summed E-state index contributed by atoms with van der Waals surface area (Å²) in [4.78, 5) is 1.28. The molecule has 0 fully saturated rings. The zero-order chi connectivity index (χ0) is 26.1. The third-order valence-electron chi connectivity index (χ3n) is 6.79. The minimum Gasteiger partial charge on any atom is -0.400 e. The molecule has 2 atom stereocenters. The molecule has 2 unspecified atom stereocenters. The molecule has 4 aromatic carbocycles. The number of benzene rings is 4. The van der Waals surface area contributed by atoms with E-state index in [4.69, 9.17) is 4.43 Å². The molecule has 190 valence electrons. The number of hydrogen-bond donors (Lipinski definition) is 0. The smallest absolute Gasteiger partial charge is 0.261 e. The maximum Gasteiger partial charge on any atom is 0.261 e. The van der Waals surface area contributed by atoms with Gasteiger partial charge in [-0.3, -0.25) is 0 Å². The summed E-state index contributed by atoms with van der Waals surface area (Å²) in [6.07, 6.45) is 5.33. The fourth-order valence-corrected chi connectivity index (χ4v) is 10.9. The lowest BCUT2D eigenvalue weighted by Crippen LogP contribution is -2.67. The standard InChI is InChI=1S/C34H38OSSi/c1-5-18-30(36-29-21-12-7-13-22-29)27-33(28-19-10-6-11-20-28)35-37(34(2,3)4,31-23-14-8-15-24-31)32-25-16-9-17-26-32/h5-26,30,33H,27H2,1-4H3/b18-5+. The fraction of sp³-hybridized carbons (Fsp3) is 0.235. The van der Waals surface area contributed by atoms with Crippen LogP contribution in [0, 0.1) is 0 Å². The lowest BCUT2D eigenvalue weighted by atomic mass is 10.0. The molecule has 1 nitrogen and oxygen atoms in total. The van der Waals surface area contributed by atoms with Gasteiger partial charge in [-0.1, -0.05) is 142 Å². The van der Waals surface area contributed by atoms with Crippen LogP contribution in [-0.4, -0.2) is 13.6 Å². The van der Waals surface area contributed by atoms with E-state index in [1.54, 1.807) is 0 Å². The van der Waals surface area contributed by atoms with E-state index in [0.717, 1.165) is 6.42 Å². The van der Waals surface area contributed by atoms with Crippen molar-refractivity contribution in [1.82, 2.24) is 0 Å². The average Bonchev–Trinajstić information content (AvgIpc) is 2.92.